The summed E-state index contributed by atoms with van der Waals surface area (Å²) < 4.78 is 6.49. The Kier molecular flexibility index (Phi) is 9.89. The van der Waals surface area contributed by atoms with Gasteiger partial charge in [0.2, 0.25) is 5.91 Å². The molecule has 4 rings (SSSR count). The molecule has 2 aromatic rings. The molecule has 0 spiro atoms. The molecule has 1 fully saturated rings. The number of benzene rings is 1. The zero-order valence-electron chi connectivity index (χ0n) is 22.4. The Bertz CT molecular complexity index is 1060. The molecule has 206 valence electrons. The summed E-state index contributed by atoms with van der Waals surface area (Å²) in [5.41, 5.74) is 2.19. The first-order valence-corrected chi connectivity index (χ1v) is 13.7. The number of hydrogen-bond acceptors (Lipinski definition) is 7. The van der Waals surface area contributed by atoms with Crippen molar-refractivity contribution in [3.05, 3.63) is 48.0 Å². The van der Waals surface area contributed by atoms with Gasteiger partial charge in [-0.15, -0.1) is 0 Å². The van der Waals surface area contributed by atoms with Crippen LogP contribution in [0.1, 0.15) is 57.2 Å². The number of fused-ring (bicyclic) bond motifs is 1. The third-order valence-electron chi connectivity index (χ3n) is 7.41. The molecule has 1 aromatic carbocycles. The second-order valence-electron chi connectivity index (χ2n) is 10.5. The predicted molar refractivity (Wildman–Crippen MR) is 145 cm³/mol. The second-order valence-corrected chi connectivity index (χ2v) is 10.5. The van der Waals surface area contributed by atoms with Gasteiger partial charge in [-0.3, -0.25) is 4.79 Å². The molecule has 0 bridgehead atoms. The highest BCUT2D eigenvalue weighted by Gasteiger charge is 2.30. The van der Waals surface area contributed by atoms with Gasteiger partial charge in [0.25, 0.3) is 0 Å². The minimum Gasteiger partial charge on any atom is -0.488 e. The number of ether oxygens (including phenoxy) is 1. The Labute approximate surface area is 224 Å². The van der Waals surface area contributed by atoms with Gasteiger partial charge in [-0.05, 0) is 44.0 Å². The smallest absolute Gasteiger partial charge is 0.319 e. The molecular formula is C28H40N6O4. The van der Waals surface area contributed by atoms with E-state index >= 15 is 0 Å². The summed E-state index contributed by atoms with van der Waals surface area (Å²) in [5.74, 6) is 0.535. The SMILES string of the molecule is CC1CN(C(C)CO)C(=O)Cc2cc(NC(=O)NC3CCCCC3)ccc2OC1CNCc1ccncn1. The van der Waals surface area contributed by atoms with Crippen molar-refractivity contribution < 1.29 is 19.4 Å². The van der Waals surface area contributed by atoms with Gasteiger partial charge >= 0.3 is 6.03 Å². The van der Waals surface area contributed by atoms with Crippen molar-refractivity contribution in [2.24, 2.45) is 5.92 Å². The topological polar surface area (TPSA) is 129 Å². The number of urea groups is 1. The van der Waals surface area contributed by atoms with Crippen molar-refractivity contribution in [3.63, 3.8) is 0 Å². The van der Waals surface area contributed by atoms with E-state index < -0.39 is 0 Å². The van der Waals surface area contributed by atoms with E-state index in [0.717, 1.165) is 31.4 Å². The molecular weight excluding hydrogens is 484 g/mol. The first-order chi connectivity index (χ1) is 18.4. The van der Waals surface area contributed by atoms with E-state index in [1.165, 1.54) is 12.7 Å². The van der Waals surface area contributed by atoms with Crippen molar-refractivity contribution in [2.45, 2.75) is 77.1 Å². The number of rotatable bonds is 8. The lowest BCUT2D eigenvalue weighted by molar-refractivity contribution is -0.134. The number of carbonyl (C=O) groups is 2. The van der Waals surface area contributed by atoms with E-state index in [2.05, 4.69) is 32.8 Å². The minimum absolute atomic E-state index is 0.00382. The van der Waals surface area contributed by atoms with Crippen molar-refractivity contribution in [1.82, 2.24) is 25.5 Å². The van der Waals surface area contributed by atoms with Gasteiger partial charge in [0, 0.05) is 49.0 Å². The molecule has 1 aliphatic heterocycles. The van der Waals surface area contributed by atoms with E-state index in [-0.39, 0.29) is 49.1 Å². The van der Waals surface area contributed by atoms with Crippen LogP contribution in [0.2, 0.25) is 0 Å². The number of aromatic nitrogens is 2. The lowest BCUT2D eigenvalue weighted by Crippen LogP contribution is -2.47. The molecule has 0 radical (unpaired) electrons. The number of nitrogens with zero attached hydrogens (tertiary/aromatic N) is 3. The van der Waals surface area contributed by atoms with E-state index in [4.69, 9.17) is 4.74 Å². The van der Waals surface area contributed by atoms with Gasteiger partial charge in [0.05, 0.1) is 24.8 Å². The summed E-state index contributed by atoms with van der Waals surface area (Å²) in [7, 11) is 0. The van der Waals surface area contributed by atoms with Crippen LogP contribution in [0.4, 0.5) is 10.5 Å². The standard InChI is InChI=1S/C28H40N6O4/c1-19-16-34(20(2)17-35)27(36)13-21-12-23(33-28(37)32-22-6-4-3-5-7-22)8-9-25(21)38-26(19)15-30-14-24-10-11-29-18-31-24/h8-12,18-20,22,26,30,35H,3-7,13-17H2,1-2H3,(H2,32,33,37). The molecule has 1 aliphatic carbocycles. The second kappa shape index (κ2) is 13.5. The van der Waals surface area contributed by atoms with Crippen LogP contribution in [0.3, 0.4) is 0 Å². The number of carbonyl (C=O) groups excluding carboxylic acids is 2. The number of amides is 3. The number of aliphatic hydroxyl groups excluding tert-OH is 1. The van der Waals surface area contributed by atoms with Crippen molar-refractivity contribution in [1.29, 1.82) is 0 Å². The molecule has 10 heteroatoms. The summed E-state index contributed by atoms with van der Waals surface area (Å²) in [5, 5.41) is 19.2. The summed E-state index contributed by atoms with van der Waals surface area (Å²) in [6.45, 7) is 5.35. The monoisotopic (exact) mass is 524 g/mol. The van der Waals surface area contributed by atoms with Gasteiger partial charge in [0.1, 0.15) is 18.2 Å². The first-order valence-electron chi connectivity index (χ1n) is 13.7. The Morgan fingerprint density at radius 2 is 2.05 bits per heavy atom. The van der Waals surface area contributed by atoms with Crippen LogP contribution in [-0.4, -0.2) is 69.8 Å². The molecule has 38 heavy (non-hydrogen) atoms. The van der Waals surface area contributed by atoms with Crippen molar-refractivity contribution in [2.75, 3.05) is 25.0 Å². The molecule has 10 nitrogen and oxygen atoms in total. The number of nitrogens with one attached hydrogen (secondary N) is 3. The third-order valence-corrected chi connectivity index (χ3v) is 7.41. The molecule has 2 aliphatic rings. The van der Waals surface area contributed by atoms with E-state index in [1.807, 2.05) is 31.2 Å². The highest BCUT2D eigenvalue weighted by molar-refractivity contribution is 5.90. The molecule has 3 amide bonds. The number of aliphatic hydroxyl groups is 1. The fraction of sp³-hybridized carbons (Fsp3) is 0.571. The first kappa shape index (κ1) is 27.8. The largest absolute Gasteiger partial charge is 0.488 e. The fourth-order valence-corrected chi connectivity index (χ4v) is 5.12. The highest BCUT2D eigenvalue weighted by atomic mass is 16.5. The molecule has 1 aromatic heterocycles. The molecule has 3 atom stereocenters. The summed E-state index contributed by atoms with van der Waals surface area (Å²) in [6, 6.07) is 6.97. The van der Waals surface area contributed by atoms with Crippen molar-refractivity contribution in [3.8, 4) is 5.75 Å². The molecule has 2 heterocycles. The van der Waals surface area contributed by atoms with Crippen LogP contribution in [-0.2, 0) is 17.8 Å². The van der Waals surface area contributed by atoms with E-state index in [9.17, 15) is 14.7 Å². The lowest BCUT2D eigenvalue weighted by Gasteiger charge is -2.32. The van der Waals surface area contributed by atoms with Crippen LogP contribution in [0.25, 0.3) is 0 Å². The molecule has 3 unspecified atom stereocenters. The van der Waals surface area contributed by atoms with Crippen LogP contribution in [0.5, 0.6) is 5.75 Å². The third kappa shape index (κ3) is 7.64. The zero-order valence-corrected chi connectivity index (χ0v) is 22.4. The Hall–Kier alpha value is -3.24. The number of hydrogen-bond donors (Lipinski definition) is 4. The average molecular weight is 525 g/mol. The van der Waals surface area contributed by atoms with E-state index in [1.54, 1.807) is 11.1 Å². The van der Waals surface area contributed by atoms with Gasteiger partial charge in [-0.25, -0.2) is 14.8 Å². The predicted octanol–water partition coefficient (Wildman–Crippen LogP) is 2.87. The van der Waals surface area contributed by atoms with Crippen LogP contribution < -0.4 is 20.7 Å². The maximum Gasteiger partial charge on any atom is 0.319 e. The zero-order chi connectivity index (χ0) is 26.9. The maximum absolute atomic E-state index is 13.4. The average Bonchev–Trinajstić information content (AvgIpc) is 2.97. The fourth-order valence-electron chi connectivity index (χ4n) is 5.12. The number of anilines is 1. The van der Waals surface area contributed by atoms with Crippen LogP contribution in [0, 0.1) is 5.92 Å². The quantitative estimate of drug-likeness (QED) is 0.418. The lowest BCUT2D eigenvalue weighted by atomic mass is 9.96. The van der Waals surface area contributed by atoms with E-state index in [0.29, 0.717) is 36.6 Å². The molecule has 1 saturated carbocycles. The summed E-state index contributed by atoms with van der Waals surface area (Å²) >= 11 is 0. The maximum atomic E-state index is 13.4. The normalized spacial score (nSPS) is 21.3. The minimum atomic E-state index is -0.316. The Morgan fingerprint density at radius 3 is 2.79 bits per heavy atom. The Balaban J connectivity index is 1.50. The van der Waals surface area contributed by atoms with Crippen LogP contribution >= 0.6 is 0 Å². The van der Waals surface area contributed by atoms with Crippen LogP contribution in [0.15, 0.2) is 36.8 Å². The van der Waals surface area contributed by atoms with Gasteiger partial charge in [0.15, 0.2) is 0 Å². The summed E-state index contributed by atoms with van der Waals surface area (Å²) in [6.07, 6.45) is 8.62. The van der Waals surface area contributed by atoms with Gasteiger partial charge in [-0.1, -0.05) is 26.2 Å². The summed E-state index contributed by atoms with van der Waals surface area (Å²) in [4.78, 5) is 35.9. The van der Waals surface area contributed by atoms with Gasteiger partial charge < -0.3 is 30.7 Å². The molecule has 0 saturated heterocycles. The van der Waals surface area contributed by atoms with Crippen molar-refractivity contribution >= 4 is 17.6 Å². The molecule has 4 N–H and O–H groups in total. The highest BCUT2D eigenvalue weighted by Crippen LogP contribution is 2.29. The van der Waals surface area contributed by atoms with Gasteiger partial charge in [-0.2, -0.15) is 0 Å². The Morgan fingerprint density at radius 1 is 1.24 bits per heavy atom.